The lowest BCUT2D eigenvalue weighted by atomic mass is 9.93. The Morgan fingerprint density at radius 3 is 2.14 bits per heavy atom. The van der Waals surface area contributed by atoms with Crippen LogP contribution in [0.25, 0.3) is 0 Å². The lowest BCUT2D eigenvalue weighted by Gasteiger charge is -2.25. The number of amides is 1. The minimum absolute atomic E-state index is 0.0155. The second-order valence-electron chi connectivity index (χ2n) is 10.1. The maximum absolute atomic E-state index is 14.6. The molecule has 10 nitrogen and oxygen atoms in total. The third kappa shape index (κ3) is 7.23. The summed E-state index contributed by atoms with van der Waals surface area (Å²) in [7, 11) is 5.86. The molecular formula is C32H34FNO9. The largest absolute Gasteiger partial charge is 0.497 e. The van der Waals surface area contributed by atoms with Crippen molar-refractivity contribution in [3.63, 3.8) is 0 Å². The highest BCUT2D eigenvalue weighted by Gasteiger charge is 2.65. The first-order chi connectivity index (χ1) is 20.6. The molecule has 0 N–H and O–H groups in total. The summed E-state index contributed by atoms with van der Waals surface area (Å²) in [5.41, 5.74) is 0.654. The van der Waals surface area contributed by atoms with Crippen LogP contribution in [0.4, 0.5) is 4.39 Å². The monoisotopic (exact) mass is 595 g/mol. The number of carbonyl (C=O) groups is 3. The van der Waals surface area contributed by atoms with Gasteiger partial charge in [-0.05, 0) is 60.4 Å². The van der Waals surface area contributed by atoms with Gasteiger partial charge in [-0.3, -0.25) is 19.2 Å². The van der Waals surface area contributed by atoms with E-state index in [9.17, 15) is 18.8 Å². The van der Waals surface area contributed by atoms with E-state index in [2.05, 4.69) is 0 Å². The van der Waals surface area contributed by atoms with Gasteiger partial charge in [-0.25, -0.2) is 9.45 Å². The van der Waals surface area contributed by atoms with Crippen LogP contribution in [0.3, 0.4) is 0 Å². The zero-order valence-electron chi connectivity index (χ0n) is 24.7. The topological polar surface area (TPSA) is 110 Å². The minimum Gasteiger partial charge on any atom is -0.497 e. The number of rotatable bonds is 13. The zero-order chi connectivity index (χ0) is 31.1. The number of methoxy groups -OCH3 is 4. The molecule has 0 saturated heterocycles. The summed E-state index contributed by atoms with van der Waals surface area (Å²) in [5, 5.41) is 1.22. The van der Waals surface area contributed by atoms with E-state index in [0.29, 0.717) is 28.4 Å². The van der Waals surface area contributed by atoms with E-state index in [-0.39, 0.29) is 31.7 Å². The Hall–Kier alpha value is -4.64. The van der Waals surface area contributed by atoms with Crippen LogP contribution in [0.5, 0.6) is 23.0 Å². The standard InChI is InChI=1S/C32H34FNO9/c1-20(35)43-28-13-8-22(14-27(28)33)16-32(31(37)41-5)17-26(32)30(36)34(42-19-21-6-10-24(38-2)11-7-21)18-23-9-12-25(39-3)15-29(23)40-4/h6-15,26H,16-19H2,1-5H3. The summed E-state index contributed by atoms with van der Waals surface area (Å²) in [6.45, 7) is 1.25. The van der Waals surface area contributed by atoms with Gasteiger partial charge in [0.1, 0.15) is 23.9 Å². The van der Waals surface area contributed by atoms with Crippen molar-refractivity contribution < 1.29 is 47.3 Å². The van der Waals surface area contributed by atoms with Crippen molar-refractivity contribution in [2.45, 2.75) is 32.9 Å². The lowest BCUT2D eigenvalue weighted by molar-refractivity contribution is -0.198. The number of benzene rings is 3. The number of hydrogen-bond acceptors (Lipinski definition) is 9. The van der Waals surface area contributed by atoms with E-state index in [1.54, 1.807) is 43.5 Å². The molecule has 4 rings (SSSR count). The van der Waals surface area contributed by atoms with Gasteiger partial charge in [0.15, 0.2) is 11.6 Å². The van der Waals surface area contributed by atoms with Crippen LogP contribution in [-0.4, -0.2) is 51.3 Å². The van der Waals surface area contributed by atoms with Crippen molar-refractivity contribution >= 4 is 17.8 Å². The smallest absolute Gasteiger partial charge is 0.312 e. The van der Waals surface area contributed by atoms with E-state index in [1.165, 1.54) is 45.4 Å². The molecule has 0 bridgehead atoms. The van der Waals surface area contributed by atoms with Crippen LogP contribution in [0.15, 0.2) is 60.7 Å². The van der Waals surface area contributed by atoms with Gasteiger partial charge >= 0.3 is 11.9 Å². The normalized spacial score (nSPS) is 17.0. The van der Waals surface area contributed by atoms with Crippen molar-refractivity contribution in [2.24, 2.45) is 11.3 Å². The minimum atomic E-state index is -1.23. The van der Waals surface area contributed by atoms with Crippen molar-refractivity contribution in [1.82, 2.24) is 5.06 Å². The van der Waals surface area contributed by atoms with Crippen molar-refractivity contribution in [3.8, 4) is 23.0 Å². The Morgan fingerprint density at radius 2 is 1.53 bits per heavy atom. The molecule has 1 amide bonds. The van der Waals surface area contributed by atoms with E-state index < -0.39 is 35.0 Å². The quantitative estimate of drug-likeness (QED) is 0.158. The maximum atomic E-state index is 14.6. The predicted molar refractivity (Wildman–Crippen MR) is 152 cm³/mol. The molecule has 2 atom stereocenters. The highest BCUT2D eigenvalue weighted by atomic mass is 19.1. The zero-order valence-corrected chi connectivity index (χ0v) is 24.7. The Kier molecular flexibility index (Phi) is 9.87. The molecule has 228 valence electrons. The van der Waals surface area contributed by atoms with Gasteiger partial charge in [0.25, 0.3) is 5.91 Å². The molecule has 0 radical (unpaired) electrons. The second-order valence-corrected chi connectivity index (χ2v) is 10.1. The molecule has 11 heteroatoms. The molecule has 3 aromatic rings. The van der Waals surface area contributed by atoms with E-state index in [0.717, 1.165) is 5.56 Å². The van der Waals surface area contributed by atoms with E-state index >= 15 is 0 Å². The number of nitrogens with zero attached hydrogens (tertiary/aromatic N) is 1. The Balaban J connectivity index is 1.60. The average molecular weight is 596 g/mol. The SMILES string of the molecule is COC(=O)C1(Cc2ccc(OC(C)=O)c(F)c2)CC1C(=O)N(Cc1ccc(OC)cc1OC)OCc1ccc(OC)cc1. The summed E-state index contributed by atoms with van der Waals surface area (Å²) in [5.74, 6) is -1.71. The molecule has 0 aliphatic heterocycles. The fourth-order valence-electron chi connectivity index (χ4n) is 4.95. The molecule has 1 saturated carbocycles. The molecule has 2 unspecified atom stereocenters. The van der Waals surface area contributed by atoms with Crippen LogP contribution in [0.1, 0.15) is 30.0 Å². The van der Waals surface area contributed by atoms with Gasteiger partial charge in [-0.1, -0.05) is 18.2 Å². The van der Waals surface area contributed by atoms with Crippen molar-refractivity contribution in [2.75, 3.05) is 28.4 Å². The van der Waals surface area contributed by atoms with Crippen molar-refractivity contribution in [1.29, 1.82) is 0 Å². The highest BCUT2D eigenvalue weighted by molar-refractivity contribution is 5.93. The predicted octanol–water partition coefficient (Wildman–Crippen LogP) is 4.66. The molecular weight excluding hydrogens is 561 g/mol. The van der Waals surface area contributed by atoms with E-state index in [1.807, 2.05) is 12.1 Å². The van der Waals surface area contributed by atoms with E-state index in [4.69, 9.17) is 28.5 Å². The van der Waals surface area contributed by atoms with Gasteiger partial charge in [0, 0.05) is 18.6 Å². The fourth-order valence-corrected chi connectivity index (χ4v) is 4.95. The van der Waals surface area contributed by atoms with Crippen molar-refractivity contribution in [3.05, 3.63) is 83.2 Å². The number of hydrogen-bond donors (Lipinski definition) is 0. The molecule has 1 aliphatic rings. The van der Waals surface area contributed by atoms with Crippen LogP contribution >= 0.6 is 0 Å². The Labute approximate surface area is 249 Å². The van der Waals surface area contributed by atoms with Crippen LogP contribution in [0, 0.1) is 17.2 Å². The molecule has 43 heavy (non-hydrogen) atoms. The van der Waals surface area contributed by atoms with Gasteiger partial charge in [-0.2, -0.15) is 0 Å². The summed E-state index contributed by atoms with van der Waals surface area (Å²) in [6, 6.07) is 16.5. The number of hydroxylamine groups is 2. The summed E-state index contributed by atoms with van der Waals surface area (Å²) < 4.78 is 40.6. The number of ether oxygens (including phenoxy) is 5. The third-order valence-corrected chi connectivity index (χ3v) is 7.33. The Morgan fingerprint density at radius 1 is 0.860 bits per heavy atom. The first-order valence-corrected chi connectivity index (χ1v) is 13.5. The first-order valence-electron chi connectivity index (χ1n) is 13.5. The fraction of sp³-hybridized carbons (Fsp3) is 0.344. The second kappa shape index (κ2) is 13.6. The Bertz CT molecular complexity index is 1480. The molecule has 1 fully saturated rings. The van der Waals surface area contributed by atoms with Gasteiger partial charge in [-0.15, -0.1) is 0 Å². The van der Waals surface area contributed by atoms with Gasteiger partial charge in [0.05, 0.1) is 46.3 Å². The maximum Gasteiger partial charge on any atom is 0.312 e. The molecule has 3 aromatic carbocycles. The number of halogens is 1. The third-order valence-electron chi connectivity index (χ3n) is 7.33. The van der Waals surface area contributed by atoms with Crippen LogP contribution < -0.4 is 18.9 Å². The average Bonchev–Trinajstić information content (AvgIpc) is 3.74. The van der Waals surface area contributed by atoms with Crippen LogP contribution in [-0.2, 0) is 43.5 Å². The lowest BCUT2D eigenvalue weighted by Crippen LogP contribution is -2.36. The van der Waals surface area contributed by atoms with Gasteiger partial charge in [0.2, 0.25) is 0 Å². The first kappa shape index (κ1) is 31.3. The number of carbonyl (C=O) groups excluding carboxylic acids is 3. The molecule has 0 aromatic heterocycles. The van der Waals surface area contributed by atoms with Crippen LogP contribution in [0.2, 0.25) is 0 Å². The molecule has 1 aliphatic carbocycles. The summed E-state index contributed by atoms with van der Waals surface area (Å²) in [4.78, 5) is 44.4. The van der Waals surface area contributed by atoms with Gasteiger partial charge < -0.3 is 23.7 Å². The highest BCUT2D eigenvalue weighted by Crippen LogP contribution is 2.57. The molecule has 0 spiro atoms. The number of esters is 2. The molecule has 0 heterocycles. The summed E-state index contributed by atoms with van der Waals surface area (Å²) >= 11 is 0. The summed E-state index contributed by atoms with van der Waals surface area (Å²) in [6.07, 6.45) is 0.208.